The van der Waals surface area contributed by atoms with Crippen molar-refractivity contribution in [3.63, 3.8) is 0 Å². The van der Waals surface area contributed by atoms with Gasteiger partial charge in [-0.25, -0.2) is 37.1 Å². The smallest absolute Gasteiger partial charge is 0.238 e. The van der Waals surface area contributed by atoms with Gasteiger partial charge in [-0.3, -0.25) is 9.36 Å². The third-order valence-corrected chi connectivity index (χ3v) is 13.7. The highest BCUT2D eigenvalue weighted by Crippen LogP contribution is 2.31. The fraction of sp³-hybridized carbons (Fsp3) is 0.115. The van der Waals surface area contributed by atoms with E-state index in [-0.39, 0.29) is 34.6 Å². The molecule has 0 radical (unpaired) electrons. The molecule has 6 N–H and O–H groups in total. The number of rotatable bonds is 14. The minimum absolute atomic E-state index is 0. The predicted octanol–water partition coefficient (Wildman–Crippen LogP) is 9.53. The molecule has 6 aromatic carbocycles. The number of primary sulfonamides is 2. The molecule has 0 fully saturated rings. The van der Waals surface area contributed by atoms with Gasteiger partial charge >= 0.3 is 0 Å². The Kier molecular flexibility index (Phi) is 16.6. The van der Waals surface area contributed by atoms with Gasteiger partial charge in [0.25, 0.3) is 0 Å². The lowest BCUT2D eigenvalue weighted by molar-refractivity contribution is 0.596. The second-order valence-corrected chi connectivity index (χ2v) is 20.0. The van der Waals surface area contributed by atoms with Crippen LogP contribution in [0.25, 0.3) is 21.8 Å². The Hall–Kier alpha value is -7.98. The van der Waals surface area contributed by atoms with Crippen LogP contribution in [-0.4, -0.2) is 70.4 Å². The number of anilines is 8. The van der Waals surface area contributed by atoms with Crippen molar-refractivity contribution in [3.8, 4) is 0 Å². The highest BCUT2D eigenvalue weighted by molar-refractivity contribution is 7.89. The highest BCUT2D eigenvalue weighted by Gasteiger charge is 2.16. The molecule has 0 aliphatic heterocycles. The number of aryl methyl sites for hydroxylation is 2. The Balaban J connectivity index is 0.000000211. The molecule has 0 aliphatic rings. The Morgan fingerprint density at radius 1 is 0.500 bits per heavy atom. The normalized spacial score (nSPS) is 11.2. The molecule has 18 nitrogen and oxygen atoms in total. The molecule has 0 atom stereocenters. The van der Waals surface area contributed by atoms with Gasteiger partial charge in [-0.05, 0) is 110 Å². The molecule has 4 heterocycles. The molecule has 0 amide bonds. The Labute approximate surface area is 441 Å². The maximum atomic E-state index is 11.7. The largest absolute Gasteiger partial charge is 0.329 e. The predicted molar refractivity (Wildman–Crippen MR) is 297 cm³/mol. The van der Waals surface area contributed by atoms with E-state index >= 15 is 0 Å². The number of benzene rings is 6. The summed E-state index contributed by atoms with van der Waals surface area (Å²) in [4.78, 5) is 21.6. The number of hydrogen-bond donors (Lipinski definition) is 4. The summed E-state index contributed by atoms with van der Waals surface area (Å²) in [5, 5.41) is 28.4. The van der Waals surface area contributed by atoms with E-state index in [0.29, 0.717) is 48.0 Å². The molecular formula is C52H52Cl2N14O4S2. The zero-order valence-electron chi connectivity index (χ0n) is 40.5. The summed E-state index contributed by atoms with van der Waals surface area (Å²) in [5.41, 5.74) is 9.30. The molecular weight excluding hydrogens is 1020 g/mol. The zero-order valence-corrected chi connectivity index (χ0v) is 43.7. The molecule has 74 heavy (non-hydrogen) atoms. The number of nitrogens with two attached hydrogens (primary N) is 2. The maximum Gasteiger partial charge on any atom is 0.238 e. The van der Waals surface area contributed by atoms with Crippen LogP contribution in [0.15, 0.2) is 180 Å². The number of nitrogens with zero attached hydrogens (tertiary/aromatic N) is 10. The van der Waals surface area contributed by atoms with Crippen LogP contribution in [0.1, 0.15) is 22.5 Å². The van der Waals surface area contributed by atoms with Crippen molar-refractivity contribution in [2.45, 2.75) is 36.7 Å². The molecule has 4 aromatic heterocycles. The first-order valence-electron chi connectivity index (χ1n) is 22.5. The van der Waals surface area contributed by atoms with Crippen LogP contribution in [0.4, 0.5) is 46.3 Å². The quantitative estimate of drug-likeness (QED) is 0.0794. The lowest BCUT2D eigenvalue weighted by Crippen LogP contribution is -2.13. The SMILES string of the molecule is Cc1c2ccc(N(C)c3ccnc(Nc4cccc(S(N)(=O)=O)c4)n3)cc2nn1Cc1ccccc1.Cc1c2ccc(N(C)c3ccnc(Nc4cccc(S(N)(=O)=O)c4)n3)cc2nn1Cc1ccccc1.Cl.Cl. The fourth-order valence-electron chi connectivity index (χ4n) is 7.96. The van der Waals surface area contributed by atoms with Crippen molar-refractivity contribution < 1.29 is 16.8 Å². The van der Waals surface area contributed by atoms with Crippen LogP contribution in [0.3, 0.4) is 0 Å². The standard InChI is InChI=1S/2C26H25N7O2S.2ClH/c2*1-18-23-12-11-21(16-24(23)31-33(18)17-19-7-4-3-5-8-19)32(2)25-13-14-28-26(30-25)29-20-9-6-10-22(15-20)36(27,34)35;;/h2*3-16H,17H2,1-2H3,(H2,27,34,35)(H,28,29,30);2*1H. The van der Waals surface area contributed by atoms with Crippen molar-refractivity contribution in [3.05, 3.63) is 193 Å². The molecule has 0 aliphatic carbocycles. The van der Waals surface area contributed by atoms with E-state index in [4.69, 9.17) is 20.5 Å². The van der Waals surface area contributed by atoms with Gasteiger partial charge in [0.05, 0.1) is 33.9 Å². The van der Waals surface area contributed by atoms with Crippen LogP contribution >= 0.6 is 24.8 Å². The summed E-state index contributed by atoms with van der Waals surface area (Å²) in [6, 6.07) is 48.8. The number of halogens is 2. The van der Waals surface area contributed by atoms with E-state index in [1.807, 2.05) is 93.9 Å². The topological polar surface area (TPSA) is 238 Å². The second-order valence-electron chi connectivity index (χ2n) is 16.9. The van der Waals surface area contributed by atoms with Crippen molar-refractivity contribution in [2.24, 2.45) is 10.3 Å². The lowest BCUT2D eigenvalue weighted by Gasteiger charge is -2.19. The lowest BCUT2D eigenvalue weighted by atomic mass is 10.2. The summed E-state index contributed by atoms with van der Waals surface area (Å²) >= 11 is 0. The Morgan fingerprint density at radius 3 is 1.27 bits per heavy atom. The van der Waals surface area contributed by atoms with Gasteiger partial charge < -0.3 is 20.4 Å². The van der Waals surface area contributed by atoms with Crippen LogP contribution < -0.4 is 30.7 Å². The molecule has 22 heteroatoms. The van der Waals surface area contributed by atoms with E-state index < -0.39 is 20.0 Å². The average molecular weight is 1070 g/mol. The highest BCUT2D eigenvalue weighted by atomic mass is 35.5. The summed E-state index contributed by atoms with van der Waals surface area (Å²) < 4.78 is 50.6. The maximum absolute atomic E-state index is 11.7. The number of sulfonamides is 2. The number of nitrogens with one attached hydrogen (secondary N) is 2. The van der Waals surface area contributed by atoms with Gasteiger partial charge in [0.2, 0.25) is 31.9 Å². The van der Waals surface area contributed by atoms with Crippen molar-refractivity contribution in [1.82, 2.24) is 39.5 Å². The van der Waals surface area contributed by atoms with E-state index in [2.05, 4.69) is 80.8 Å². The summed E-state index contributed by atoms with van der Waals surface area (Å²) in [6.45, 7) is 5.57. The monoisotopic (exact) mass is 1070 g/mol. The summed E-state index contributed by atoms with van der Waals surface area (Å²) in [6.07, 6.45) is 3.28. The summed E-state index contributed by atoms with van der Waals surface area (Å²) in [7, 11) is -3.78. The van der Waals surface area contributed by atoms with Crippen LogP contribution in [0.5, 0.6) is 0 Å². The second kappa shape index (κ2) is 22.8. The first kappa shape index (κ1) is 53.8. The van der Waals surface area contributed by atoms with Gasteiger partial charge in [-0.2, -0.15) is 20.2 Å². The molecule has 0 bridgehead atoms. The first-order chi connectivity index (χ1) is 34.6. The van der Waals surface area contributed by atoms with Gasteiger partial charge in [-0.15, -0.1) is 24.8 Å². The Morgan fingerprint density at radius 2 is 0.892 bits per heavy atom. The molecule has 10 rings (SSSR count). The average Bonchev–Trinajstić information content (AvgIpc) is 3.86. The third-order valence-electron chi connectivity index (χ3n) is 11.9. The van der Waals surface area contributed by atoms with E-state index in [9.17, 15) is 16.8 Å². The molecule has 380 valence electrons. The van der Waals surface area contributed by atoms with Gasteiger partial charge in [0.1, 0.15) is 11.6 Å². The van der Waals surface area contributed by atoms with Crippen molar-refractivity contribution >= 4 is 113 Å². The molecule has 0 unspecified atom stereocenters. The van der Waals surface area contributed by atoms with Crippen molar-refractivity contribution in [2.75, 3.05) is 34.5 Å². The van der Waals surface area contributed by atoms with E-state index in [0.717, 1.165) is 44.6 Å². The van der Waals surface area contributed by atoms with Crippen LogP contribution in [0, 0.1) is 13.8 Å². The van der Waals surface area contributed by atoms with Gasteiger partial charge in [0, 0.05) is 71.4 Å². The molecule has 10 aromatic rings. The van der Waals surface area contributed by atoms with Crippen molar-refractivity contribution in [1.29, 1.82) is 0 Å². The minimum atomic E-state index is -3.81. The van der Waals surface area contributed by atoms with Crippen LogP contribution in [0.2, 0.25) is 0 Å². The molecule has 0 saturated carbocycles. The summed E-state index contributed by atoms with van der Waals surface area (Å²) in [5.74, 6) is 1.98. The number of fused-ring (bicyclic) bond motifs is 2. The zero-order chi connectivity index (χ0) is 50.6. The molecule has 0 saturated heterocycles. The number of hydrogen-bond acceptors (Lipinski definition) is 14. The van der Waals surface area contributed by atoms with Crippen LogP contribution in [-0.2, 0) is 33.1 Å². The van der Waals surface area contributed by atoms with E-state index in [1.165, 1.54) is 35.4 Å². The number of aromatic nitrogens is 8. The van der Waals surface area contributed by atoms with Gasteiger partial charge in [-0.1, -0.05) is 72.8 Å². The third kappa shape index (κ3) is 12.6. The van der Waals surface area contributed by atoms with E-state index in [1.54, 1.807) is 48.8 Å². The Bertz CT molecular complexity index is 3560. The first-order valence-corrected chi connectivity index (χ1v) is 25.6. The molecule has 0 spiro atoms. The van der Waals surface area contributed by atoms with Gasteiger partial charge in [0.15, 0.2) is 0 Å². The minimum Gasteiger partial charge on any atom is -0.329 e. The fourth-order valence-corrected chi connectivity index (χ4v) is 9.08.